The van der Waals surface area contributed by atoms with Gasteiger partial charge in [-0.05, 0) is 38.1 Å². The van der Waals surface area contributed by atoms with Gasteiger partial charge in [0.15, 0.2) is 0 Å². The highest BCUT2D eigenvalue weighted by atomic mass is 35.5. The maximum Gasteiger partial charge on any atom is 0.316 e. The zero-order valence-corrected chi connectivity index (χ0v) is 18.8. The van der Waals surface area contributed by atoms with Crippen LogP contribution in [-0.4, -0.2) is 45.1 Å². The third kappa shape index (κ3) is 8.99. The van der Waals surface area contributed by atoms with Crippen LogP contribution in [-0.2, 0) is 29.1 Å². The number of sulfonamides is 1. The average molecular weight is 479 g/mol. The van der Waals surface area contributed by atoms with Crippen molar-refractivity contribution >= 4 is 57.1 Å². The molecule has 0 aliphatic heterocycles. The van der Waals surface area contributed by atoms with Gasteiger partial charge in [-0.2, -0.15) is 5.26 Å². The molecule has 0 aliphatic rings. The minimum atomic E-state index is -4.08. The number of esters is 2. The molecule has 12 heteroatoms. The van der Waals surface area contributed by atoms with Crippen molar-refractivity contribution in [1.82, 2.24) is 4.72 Å². The summed E-state index contributed by atoms with van der Waals surface area (Å²) in [5.41, 5.74) is -0.316. The summed E-state index contributed by atoms with van der Waals surface area (Å²) in [4.78, 5) is 23.2. The second kappa shape index (κ2) is 12.6. The first-order valence-electron chi connectivity index (χ1n) is 8.23. The smallest absolute Gasteiger partial charge is 0.316 e. The Morgan fingerprint density at radius 3 is 1.97 bits per heavy atom. The Labute approximate surface area is 183 Å². The molecule has 1 aromatic rings. The van der Waals surface area contributed by atoms with Crippen LogP contribution in [0.2, 0.25) is 5.02 Å². The molecule has 1 rings (SSSR count). The van der Waals surface area contributed by atoms with E-state index in [0.717, 1.165) is 23.5 Å². The standard InChI is InChI=1S/C17H19ClN2O6S3/c1-3-25-15(21)10-27-17(28-11-16(22)26-4-2)14(9-19)20-29(23,24)13-7-5-12(18)6-8-13/h5-8,20H,3-4,10-11H2,1-2H3. The molecule has 29 heavy (non-hydrogen) atoms. The quantitative estimate of drug-likeness (QED) is 0.377. The minimum Gasteiger partial charge on any atom is -0.465 e. The Morgan fingerprint density at radius 2 is 1.55 bits per heavy atom. The molecule has 1 N–H and O–H groups in total. The normalized spacial score (nSPS) is 10.6. The molecule has 158 valence electrons. The summed E-state index contributed by atoms with van der Waals surface area (Å²) in [6.45, 7) is 3.66. The fraction of sp³-hybridized carbons (Fsp3) is 0.353. The van der Waals surface area contributed by atoms with Crippen molar-refractivity contribution in [3.8, 4) is 6.07 Å². The third-order valence-electron chi connectivity index (χ3n) is 2.93. The van der Waals surface area contributed by atoms with E-state index in [1.54, 1.807) is 19.9 Å². The fourth-order valence-corrected chi connectivity index (χ4v) is 4.87. The average Bonchev–Trinajstić information content (AvgIpc) is 2.67. The molecule has 1 aromatic carbocycles. The van der Waals surface area contributed by atoms with E-state index in [2.05, 4.69) is 4.72 Å². The SMILES string of the molecule is CCOC(=O)CSC(SCC(=O)OCC)=C(C#N)NS(=O)(=O)c1ccc(Cl)cc1. The van der Waals surface area contributed by atoms with Crippen LogP contribution in [0.5, 0.6) is 0 Å². The number of nitrogens with zero attached hydrogens (tertiary/aromatic N) is 1. The topological polar surface area (TPSA) is 123 Å². The summed E-state index contributed by atoms with van der Waals surface area (Å²) in [7, 11) is -4.08. The molecule has 8 nitrogen and oxygen atoms in total. The monoisotopic (exact) mass is 478 g/mol. The van der Waals surface area contributed by atoms with E-state index in [9.17, 15) is 23.3 Å². The summed E-state index contributed by atoms with van der Waals surface area (Å²) >= 11 is 7.55. The molecule has 0 aromatic heterocycles. The molecule has 0 saturated heterocycles. The Morgan fingerprint density at radius 1 is 1.07 bits per heavy atom. The maximum atomic E-state index is 12.6. The van der Waals surface area contributed by atoms with Crippen LogP contribution < -0.4 is 4.72 Å². The molecular formula is C17H19ClN2O6S3. The number of carbonyl (C=O) groups excluding carboxylic acids is 2. The second-order valence-electron chi connectivity index (χ2n) is 5.02. The fourth-order valence-electron chi connectivity index (χ4n) is 1.76. The van der Waals surface area contributed by atoms with Gasteiger partial charge in [0.2, 0.25) is 0 Å². The lowest BCUT2D eigenvalue weighted by atomic mass is 10.4. The van der Waals surface area contributed by atoms with Crippen molar-refractivity contribution in [2.24, 2.45) is 0 Å². The van der Waals surface area contributed by atoms with Gasteiger partial charge in [-0.1, -0.05) is 11.6 Å². The van der Waals surface area contributed by atoms with Crippen molar-refractivity contribution in [2.75, 3.05) is 24.7 Å². The van der Waals surface area contributed by atoms with Gasteiger partial charge >= 0.3 is 11.9 Å². The van der Waals surface area contributed by atoms with Crippen LogP contribution in [0.3, 0.4) is 0 Å². The van der Waals surface area contributed by atoms with Gasteiger partial charge < -0.3 is 9.47 Å². The molecular weight excluding hydrogens is 460 g/mol. The van der Waals surface area contributed by atoms with Gasteiger partial charge in [-0.3, -0.25) is 14.3 Å². The van der Waals surface area contributed by atoms with E-state index in [4.69, 9.17) is 21.1 Å². The Hall–Kier alpha value is -1.87. The number of allylic oxidation sites excluding steroid dienone is 1. The molecule has 0 spiro atoms. The zero-order chi connectivity index (χ0) is 21.9. The van der Waals surface area contributed by atoms with Gasteiger partial charge in [-0.15, -0.1) is 23.5 Å². The number of hydrogen-bond donors (Lipinski definition) is 1. The van der Waals surface area contributed by atoms with Crippen LogP contribution in [0.25, 0.3) is 0 Å². The molecule has 0 saturated carbocycles. The first kappa shape index (κ1) is 25.2. The van der Waals surface area contributed by atoms with Gasteiger partial charge in [0.05, 0.1) is 33.9 Å². The Kier molecular flexibility index (Phi) is 11.0. The number of nitriles is 1. The number of benzene rings is 1. The molecule has 0 heterocycles. The van der Waals surface area contributed by atoms with Crippen molar-refractivity contribution in [3.05, 3.63) is 39.2 Å². The van der Waals surface area contributed by atoms with Crippen LogP contribution in [0.1, 0.15) is 13.8 Å². The summed E-state index contributed by atoms with van der Waals surface area (Å²) in [5.74, 6) is -1.39. The number of rotatable bonds is 11. The summed E-state index contributed by atoms with van der Waals surface area (Å²) in [6.07, 6.45) is 0. The number of hydrogen-bond acceptors (Lipinski definition) is 9. The Balaban J connectivity index is 3.11. The highest BCUT2D eigenvalue weighted by Crippen LogP contribution is 2.32. The van der Waals surface area contributed by atoms with Gasteiger partial charge in [-0.25, -0.2) is 8.42 Å². The van der Waals surface area contributed by atoms with Crippen LogP contribution >= 0.6 is 35.1 Å². The lowest BCUT2D eigenvalue weighted by Crippen LogP contribution is -2.23. The molecule has 0 aliphatic carbocycles. The summed E-state index contributed by atoms with van der Waals surface area (Å²) < 4.78 is 37.1. The Bertz CT molecular complexity index is 871. The summed E-state index contributed by atoms with van der Waals surface area (Å²) in [5, 5.41) is 9.83. The molecule has 0 unspecified atom stereocenters. The first-order valence-corrected chi connectivity index (χ1v) is 12.1. The highest BCUT2D eigenvalue weighted by Gasteiger charge is 2.20. The molecule has 0 amide bonds. The molecule has 0 bridgehead atoms. The van der Waals surface area contributed by atoms with Gasteiger partial charge in [0.25, 0.3) is 10.0 Å². The third-order valence-corrected chi connectivity index (χ3v) is 6.95. The van der Waals surface area contributed by atoms with Crippen LogP contribution in [0.15, 0.2) is 39.1 Å². The lowest BCUT2D eigenvalue weighted by Gasteiger charge is -2.12. The second-order valence-corrected chi connectivity index (χ2v) is 9.37. The molecule has 0 fully saturated rings. The minimum absolute atomic E-state index is 0.0974. The number of carbonyl (C=O) groups is 2. The van der Waals surface area contributed by atoms with E-state index in [0.29, 0.717) is 5.02 Å². The highest BCUT2D eigenvalue weighted by molar-refractivity contribution is 8.22. The van der Waals surface area contributed by atoms with E-state index in [1.807, 2.05) is 0 Å². The van der Waals surface area contributed by atoms with Crippen molar-refractivity contribution in [1.29, 1.82) is 5.26 Å². The lowest BCUT2D eigenvalue weighted by molar-refractivity contribution is -0.140. The first-order chi connectivity index (χ1) is 13.7. The van der Waals surface area contributed by atoms with Crippen molar-refractivity contribution in [3.63, 3.8) is 0 Å². The largest absolute Gasteiger partial charge is 0.465 e. The number of nitrogens with one attached hydrogen (secondary N) is 1. The van der Waals surface area contributed by atoms with E-state index in [1.165, 1.54) is 24.3 Å². The van der Waals surface area contributed by atoms with Crippen LogP contribution in [0.4, 0.5) is 0 Å². The maximum absolute atomic E-state index is 12.6. The van der Waals surface area contributed by atoms with Crippen LogP contribution in [0, 0.1) is 11.3 Å². The van der Waals surface area contributed by atoms with Crippen molar-refractivity contribution < 1.29 is 27.5 Å². The van der Waals surface area contributed by atoms with E-state index < -0.39 is 22.0 Å². The number of halogens is 1. The van der Waals surface area contributed by atoms with Gasteiger partial charge in [0.1, 0.15) is 11.8 Å². The number of ether oxygens (including phenoxy) is 2. The zero-order valence-electron chi connectivity index (χ0n) is 15.6. The predicted molar refractivity (Wildman–Crippen MR) is 113 cm³/mol. The predicted octanol–water partition coefficient (Wildman–Crippen LogP) is 2.90. The number of thioether (sulfide) groups is 2. The van der Waals surface area contributed by atoms with Crippen molar-refractivity contribution in [2.45, 2.75) is 18.7 Å². The van der Waals surface area contributed by atoms with E-state index >= 15 is 0 Å². The van der Waals surface area contributed by atoms with Gasteiger partial charge in [0, 0.05) is 5.02 Å². The molecule has 0 atom stereocenters. The molecule has 0 radical (unpaired) electrons. The summed E-state index contributed by atoms with van der Waals surface area (Å²) in [6, 6.07) is 7.15. The van der Waals surface area contributed by atoms with E-state index in [-0.39, 0.29) is 39.5 Å².